The normalized spacial score (nSPS) is 10.8. The maximum Gasteiger partial charge on any atom is 0.191 e. The lowest BCUT2D eigenvalue weighted by molar-refractivity contribution is 0.143. The van der Waals surface area contributed by atoms with Crippen molar-refractivity contribution < 1.29 is 9.47 Å². The van der Waals surface area contributed by atoms with Crippen LogP contribution in [0.25, 0.3) is 0 Å². The van der Waals surface area contributed by atoms with Gasteiger partial charge in [-0.25, -0.2) is 0 Å². The molecule has 0 heterocycles. The van der Waals surface area contributed by atoms with E-state index >= 15 is 0 Å². The number of nitrogens with one attached hydrogen (secondary N) is 2. The van der Waals surface area contributed by atoms with Crippen LogP contribution in [0.1, 0.15) is 19.8 Å². The first kappa shape index (κ1) is 22.5. The SMILES string of the molecule is CCOCCCCNC(=NC)NCCOc1cccc(Br)c1.I. The van der Waals surface area contributed by atoms with Gasteiger partial charge in [-0.1, -0.05) is 22.0 Å². The van der Waals surface area contributed by atoms with Gasteiger partial charge in [-0.05, 0) is 38.0 Å². The molecule has 0 aromatic heterocycles. The molecule has 23 heavy (non-hydrogen) atoms. The van der Waals surface area contributed by atoms with E-state index in [0.717, 1.165) is 48.8 Å². The van der Waals surface area contributed by atoms with E-state index in [4.69, 9.17) is 9.47 Å². The van der Waals surface area contributed by atoms with E-state index in [1.54, 1.807) is 7.05 Å². The molecule has 1 aromatic carbocycles. The van der Waals surface area contributed by atoms with Crippen LogP contribution in [0.2, 0.25) is 0 Å². The third-order valence-electron chi connectivity index (χ3n) is 2.89. The minimum Gasteiger partial charge on any atom is -0.492 e. The first-order chi connectivity index (χ1) is 10.8. The fourth-order valence-electron chi connectivity index (χ4n) is 1.80. The number of hydrogen-bond acceptors (Lipinski definition) is 3. The van der Waals surface area contributed by atoms with E-state index in [1.165, 1.54) is 0 Å². The summed E-state index contributed by atoms with van der Waals surface area (Å²) in [6.07, 6.45) is 2.12. The third-order valence-corrected chi connectivity index (χ3v) is 3.39. The summed E-state index contributed by atoms with van der Waals surface area (Å²) in [4.78, 5) is 4.18. The minimum atomic E-state index is 0. The molecule has 0 saturated carbocycles. The highest BCUT2D eigenvalue weighted by atomic mass is 127. The van der Waals surface area contributed by atoms with Gasteiger partial charge < -0.3 is 20.1 Å². The van der Waals surface area contributed by atoms with Crippen molar-refractivity contribution in [3.63, 3.8) is 0 Å². The van der Waals surface area contributed by atoms with E-state index in [1.807, 2.05) is 31.2 Å². The Labute approximate surface area is 164 Å². The number of unbranched alkanes of at least 4 members (excludes halogenated alkanes) is 1. The molecule has 2 N–H and O–H groups in total. The van der Waals surface area contributed by atoms with Crippen LogP contribution in [0.5, 0.6) is 5.75 Å². The van der Waals surface area contributed by atoms with Crippen molar-refractivity contribution in [2.24, 2.45) is 4.99 Å². The highest BCUT2D eigenvalue weighted by Gasteiger charge is 1.98. The number of hydrogen-bond donors (Lipinski definition) is 2. The molecule has 0 radical (unpaired) electrons. The van der Waals surface area contributed by atoms with Crippen LogP contribution in [0, 0.1) is 0 Å². The average molecular weight is 500 g/mol. The van der Waals surface area contributed by atoms with Crippen LogP contribution in [0.15, 0.2) is 33.7 Å². The number of halogens is 2. The van der Waals surface area contributed by atoms with Crippen LogP contribution in [0.4, 0.5) is 0 Å². The van der Waals surface area contributed by atoms with Crippen molar-refractivity contribution in [3.8, 4) is 5.75 Å². The Morgan fingerprint density at radius 3 is 2.65 bits per heavy atom. The van der Waals surface area contributed by atoms with E-state index in [2.05, 4.69) is 31.6 Å². The summed E-state index contributed by atoms with van der Waals surface area (Å²) in [5, 5.41) is 6.50. The molecule has 0 fully saturated rings. The monoisotopic (exact) mass is 499 g/mol. The zero-order valence-electron chi connectivity index (χ0n) is 13.8. The van der Waals surface area contributed by atoms with Crippen molar-refractivity contribution in [2.75, 3.05) is 40.0 Å². The fraction of sp³-hybridized carbons (Fsp3) is 0.562. The molecule has 7 heteroatoms. The van der Waals surface area contributed by atoms with Gasteiger partial charge in [-0.3, -0.25) is 4.99 Å². The summed E-state index contributed by atoms with van der Waals surface area (Å²) in [5.41, 5.74) is 0. The largest absolute Gasteiger partial charge is 0.492 e. The van der Waals surface area contributed by atoms with Crippen molar-refractivity contribution in [1.29, 1.82) is 0 Å². The second kappa shape index (κ2) is 15.0. The first-order valence-corrected chi connectivity index (χ1v) is 8.46. The predicted molar refractivity (Wildman–Crippen MR) is 110 cm³/mol. The number of nitrogens with zero attached hydrogens (tertiary/aromatic N) is 1. The zero-order chi connectivity index (χ0) is 16.0. The molecule has 0 unspecified atom stereocenters. The minimum absolute atomic E-state index is 0. The number of aliphatic imine (C=N–C) groups is 1. The smallest absolute Gasteiger partial charge is 0.191 e. The Kier molecular flexibility index (Phi) is 14.7. The number of benzene rings is 1. The van der Waals surface area contributed by atoms with Crippen LogP contribution < -0.4 is 15.4 Å². The van der Waals surface area contributed by atoms with E-state index in [9.17, 15) is 0 Å². The van der Waals surface area contributed by atoms with Gasteiger partial charge in [-0.2, -0.15) is 0 Å². The number of guanidine groups is 1. The van der Waals surface area contributed by atoms with E-state index < -0.39 is 0 Å². The molecule has 132 valence electrons. The molecule has 0 atom stereocenters. The molecular formula is C16H27BrIN3O2. The summed E-state index contributed by atoms with van der Waals surface area (Å²) in [5.74, 6) is 1.66. The molecule has 0 saturated heterocycles. The molecule has 0 aliphatic heterocycles. The lowest BCUT2D eigenvalue weighted by Gasteiger charge is -2.12. The maximum absolute atomic E-state index is 5.66. The van der Waals surface area contributed by atoms with Crippen LogP contribution in [-0.2, 0) is 4.74 Å². The summed E-state index contributed by atoms with van der Waals surface area (Å²) >= 11 is 3.42. The number of rotatable bonds is 10. The van der Waals surface area contributed by atoms with Gasteiger partial charge in [0.1, 0.15) is 12.4 Å². The van der Waals surface area contributed by atoms with E-state index in [0.29, 0.717) is 13.2 Å². The third kappa shape index (κ3) is 11.6. The van der Waals surface area contributed by atoms with Gasteiger partial charge in [0.2, 0.25) is 0 Å². The molecule has 0 bridgehead atoms. The van der Waals surface area contributed by atoms with Crippen molar-refractivity contribution >= 4 is 45.9 Å². The second-order valence-corrected chi connectivity index (χ2v) is 5.55. The topological polar surface area (TPSA) is 54.9 Å². The van der Waals surface area contributed by atoms with Crippen LogP contribution >= 0.6 is 39.9 Å². The van der Waals surface area contributed by atoms with Crippen LogP contribution in [-0.4, -0.2) is 45.9 Å². The predicted octanol–water partition coefficient (Wildman–Crippen LogP) is 3.43. The Hall–Kier alpha value is -0.540. The maximum atomic E-state index is 5.66. The van der Waals surface area contributed by atoms with Crippen molar-refractivity contribution in [1.82, 2.24) is 10.6 Å². The average Bonchev–Trinajstić information content (AvgIpc) is 2.52. The summed E-state index contributed by atoms with van der Waals surface area (Å²) < 4.78 is 12.0. The molecule has 0 spiro atoms. The molecule has 1 aromatic rings. The molecule has 0 aliphatic rings. The van der Waals surface area contributed by atoms with Gasteiger partial charge in [0.25, 0.3) is 0 Å². The Morgan fingerprint density at radius 1 is 1.17 bits per heavy atom. The van der Waals surface area contributed by atoms with Crippen molar-refractivity contribution in [3.05, 3.63) is 28.7 Å². The van der Waals surface area contributed by atoms with Gasteiger partial charge >= 0.3 is 0 Å². The summed E-state index contributed by atoms with van der Waals surface area (Å²) in [6, 6.07) is 7.82. The quantitative estimate of drug-likeness (QED) is 0.224. The summed E-state index contributed by atoms with van der Waals surface area (Å²) in [7, 11) is 1.77. The molecule has 0 aliphatic carbocycles. The Bertz CT molecular complexity index is 447. The second-order valence-electron chi connectivity index (χ2n) is 4.64. The van der Waals surface area contributed by atoms with E-state index in [-0.39, 0.29) is 24.0 Å². The molecule has 0 amide bonds. The lowest BCUT2D eigenvalue weighted by Crippen LogP contribution is -2.39. The fourth-order valence-corrected chi connectivity index (χ4v) is 2.17. The lowest BCUT2D eigenvalue weighted by atomic mass is 10.3. The highest BCUT2D eigenvalue weighted by molar-refractivity contribution is 14.0. The highest BCUT2D eigenvalue weighted by Crippen LogP contribution is 2.17. The van der Waals surface area contributed by atoms with Gasteiger partial charge in [0, 0.05) is 31.3 Å². The standard InChI is InChI=1S/C16H26BrN3O2.HI/c1-3-21-11-5-4-9-19-16(18-2)20-10-12-22-15-8-6-7-14(17)13-15;/h6-8,13H,3-5,9-12H2,1-2H3,(H2,18,19,20);1H. The van der Waals surface area contributed by atoms with Gasteiger partial charge in [0.05, 0.1) is 6.54 Å². The Balaban J connectivity index is 0.00000484. The van der Waals surface area contributed by atoms with Gasteiger partial charge in [-0.15, -0.1) is 24.0 Å². The molecule has 1 rings (SSSR count). The van der Waals surface area contributed by atoms with Gasteiger partial charge in [0.15, 0.2) is 5.96 Å². The van der Waals surface area contributed by atoms with Crippen LogP contribution in [0.3, 0.4) is 0 Å². The summed E-state index contributed by atoms with van der Waals surface area (Å²) in [6.45, 7) is 5.80. The first-order valence-electron chi connectivity index (χ1n) is 7.67. The molecular weight excluding hydrogens is 473 g/mol. The molecule has 5 nitrogen and oxygen atoms in total. The van der Waals surface area contributed by atoms with Crippen molar-refractivity contribution in [2.45, 2.75) is 19.8 Å². The Morgan fingerprint density at radius 2 is 1.96 bits per heavy atom. The number of ether oxygens (including phenoxy) is 2. The zero-order valence-corrected chi connectivity index (χ0v) is 17.7.